The zero-order valence-electron chi connectivity index (χ0n) is 19.0. The first-order valence-corrected chi connectivity index (χ1v) is 12.4. The highest BCUT2D eigenvalue weighted by atomic mass is 32.2. The van der Waals surface area contributed by atoms with E-state index in [1.165, 1.54) is 10.4 Å². The number of hydrogen-bond acceptors (Lipinski definition) is 5. The van der Waals surface area contributed by atoms with Gasteiger partial charge in [0.15, 0.2) is 11.5 Å². The Hall–Kier alpha value is -2.58. The molecule has 1 amide bonds. The predicted molar refractivity (Wildman–Crippen MR) is 124 cm³/mol. The van der Waals surface area contributed by atoms with Crippen LogP contribution in [0.25, 0.3) is 0 Å². The summed E-state index contributed by atoms with van der Waals surface area (Å²) in [6, 6.07) is 11.9. The Kier molecular flexibility index (Phi) is 8.15. The number of nitrogens with zero attached hydrogens (tertiary/aromatic N) is 1. The number of hydrogen-bond donors (Lipinski definition) is 1. The highest BCUT2D eigenvalue weighted by Gasteiger charge is 2.29. The summed E-state index contributed by atoms with van der Waals surface area (Å²) in [5.41, 5.74) is 1.32. The fourth-order valence-electron chi connectivity index (χ4n) is 4.06. The van der Waals surface area contributed by atoms with E-state index in [9.17, 15) is 13.2 Å². The molecule has 3 rings (SSSR count). The topological polar surface area (TPSA) is 84.9 Å². The maximum atomic E-state index is 13.1. The molecule has 0 spiro atoms. The fraction of sp³-hybridized carbons (Fsp3) is 0.458. The number of methoxy groups -OCH3 is 2. The third-order valence-corrected chi connectivity index (χ3v) is 7.92. The summed E-state index contributed by atoms with van der Waals surface area (Å²) in [6.45, 7) is 0.410. The van der Waals surface area contributed by atoms with E-state index in [0.29, 0.717) is 30.0 Å². The Bertz CT molecular complexity index is 1030. The molecule has 0 saturated heterocycles. The van der Waals surface area contributed by atoms with E-state index in [1.807, 2.05) is 18.2 Å². The number of sulfonamides is 1. The number of amides is 1. The van der Waals surface area contributed by atoms with Crippen LogP contribution in [0.3, 0.4) is 0 Å². The summed E-state index contributed by atoms with van der Waals surface area (Å²) < 4.78 is 38.2. The van der Waals surface area contributed by atoms with Gasteiger partial charge < -0.3 is 14.8 Å². The summed E-state index contributed by atoms with van der Waals surface area (Å²) in [5.74, 6) is 0.982. The van der Waals surface area contributed by atoms with Crippen LogP contribution in [0, 0.1) is 0 Å². The number of nitrogens with one attached hydrogen (secondary N) is 1. The highest BCUT2D eigenvalue weighted by Crippen LogP contribution is 2.28. The van der Waals surface area contributed by atoms with Gasteiger partial charge in [-0.25, -0.2) is 8.42 Å². The Morgan fingerprint density at radius 3 is 2.44 bits per heavy atom. The third kappa shape index (κ3) is 5.61. The fourth-order valence-corrected chi connectivity index (χ4v) is 5.53. The molecule has 0 heterocycles. The van der Waals surface area contributed by atoms with Crippen LogP contribution in [-0.2, 0) is 16.4 Å². The van der Waals surface area contributed by atoms with E-state index in [2.05, 4.69) is 5.32 Å². The van der Waals surface area contributed by atoms with Gasteiger partial charge in [-0.15, -0.1) is 0 Å². The molecule has 8 heteroatoms. The average molecular weight is 461 g/mol. The lowest BCUT2D eigenvalue weighted by Crippen LogP contribution is -2.38. The van der Waals surface area contributed by atoms with Gasteiger partial charge in [0, 0.05) is 25.2 Å². The van der Waals surface area contributed by atoms with Crippen molar-refractivity contribution in [2.45, 2.75) is 49.5 Å². The Balaban J connectivity index is 1.63. The Morgan fingerprint density at radius 1 is 1.03 bits per heavy atom. The van der Waals surface area contributed by atoms with E-state index in [4.69, 9.17) is 9.47 Å². The molecular weight excluding hydrogens is 428 g/mol. The van der Waals surface area contributed by atoms with E-state index < -0.39 is 10.0 Å². The summed E-state index contributed by atoms with van der Waals surface area (Å²) in [5, 5.41) is 2.87. The van der Waals surface area contributed by atoms with Crippen molar-refractivity contribution in [2.24, 2.45) is 0 Å². The molecule has 0 atom stereocenters. The molecule has 1 aliphatic carbocycles. The van der Waals surface area contributed by atoms with Crippen molar-refractivity contribution >= 4 is 15.9 Å². The van der Waals surface area contributed by atoms with Gasteiger partial charge in [-0.3, -0.25) is 4.79 Å². The lowest BCUT2D eigenvalue weighted by molar-refractivity contribution is 0.0954. The van der Waals surface area contributed by atoms with Crippen molar-refractivity contribution < 1.29 is 22.7 Å². The zero-order chi connectivity index (χ0) is 23.1. The molecule has 1 N–H and O–H groups in total. The summed E-state index contributed by atoms with van der Waals surface area (Å²) >= 11 is 0. The molecule has 174 valence electrons. The van der Waals surface area contributed by atoms with Crippen molar-refractivity contribution in [3.05, 3.63) is 53.6 Å². The van der Waals surface area contributed by atoms with E-state index in [-0.39, 0.29) is 16.8 Å². The molecule has 0 unspecified atom stereocenters. The minimum atomic E-state index is -3.64. The van der Waals surface area contributed by atoms with Gasteiger partial charge in [0.05, 0.1) is 19.1 Å². The molecule has 0 aromatic heterocycles. The highest BCUT2D eigenvalue weighted by molar-refractivity contribution is 7.89. The van der Waals surface area contributed by atoms with E-state index >= 15 is 0 Å². The number of carbonyl (C=O) groups is 1. The van der Waals surface area contributed by atoms with Crippen molar-refractivity contribution in [1.82, 2.24) is 9.62 Å². The van der Waals surface area contributed by atoms with Crippen LogP contribution < -0.4 is 14.8 Å². The van der Waals surface area contributed by atoms with Gasteiger partial charge in [-0.2, -0.15) is 4.31 Å². The van der Waals surface area contributed by atoms with Crippen LogP contribution in [0.5, 0.6) is 11.5 Å². The van der Waals surface area contributed by atoms with Crippen LogP contribution in [0.1, 0.15) is 48.0 Å². The number of benzene rings is 2. The number of rotatable bonds is 9. The summed E-state index contributed by atoms with van der Waals surface area (Å²) in [6.07, 6.45) is 5.62. The zero-order valence-corrected chi connectivity index (χ0v) is 19.8. The van der Waals surface area contributed by atoms with E-state index in [1.54, 1.807) is 39.5 Å². The number of ether oxygens (including phenoxy) is 2. The smallest absolute Gasteiger partial charge is 0.251 e. The second kappa shape index (κ2) is 10.8. The molecule has 1 aliphatic rings. The standard InChI is InChI=1S/C24H32N2O5S/c1-26(20-9-5-4-6-10-20)32(28,29)21-11-7-8-19(17-21)24(27)25-15-14-18-12-13-22(30-2)23(16-18)31-3/h7-8,11-13,16-17,20H,4-6,9-10,14-15H2,1-3H3,(H,25,27). The molecule has 7 nitrogen and oxygen atoms in total. The SMILES string of the molecule is COc1ccc(CCNC(=O)c2cccc(S(=O)(=O)N(C)C3CCCCC3)c2)cc1OC. The van der Waals surface area contributed by atoms with Crippen LogP contribution in [-0.4, -0.2) is 52.5 Å². The number of carbonyl (C=O) groups excluding carboxylic acids is 1. The maximum absolute atomic E-state index is 13.1. The minimum absolute atomic E-state index is 0.0210. The molecule has 0 radical (unpaired) electrons. The first kappa shape index (κ1) is 24.1. The monoisotopic (exact) mass is 460 g/mol. The average Bonchev–Trinajstić information content (AvgIpc) is 2.83. The van der Waals surface area contributed by atoms with Gasteiger partial charge in [0.25, 0.3) is 5.91 Å². The van der Waals surface area contributed by atoms with Gasteiger partial charge in [0.1, 0.15) is 0 Å². The van der Waals surface area contributed by atoms with Crippen LogP contribution in [0.2, 0.25) is 0 Å². The van der Waals surface area contributed by atoms with E-state index in [0.717, 1.165) is 37.7 Å². The third-order valence-electron chi connectivity index (χ3n) is 6.01. The normalized spacial score (nSPS) is 14.9. The predicted octanol–water partition coefficient (Wildman–Crippen LogP) is 3.63. The van der Waals surface area contributed by atoms with Crippen LogP contribution in [0.15, 0.2) is 47.4 Å². The molecule has 32 heavy (non-hydrogen) atoms. The molecular formula is C24H32N2O5S. The molecule has 2 aromatic carbocycles. The Morgan fingerprint density at radius 2 is 1.75 bits per heavy atom. The lowest BCUT2D eigenvalue weighted by Gasteiger charge is -2.30. The Labute approximate surface area is 190 Å². The molecule has 0 aliphatic heterocycles. The minimum Gasteiger partial charge on any atom is -0.493 e. The van der Waals surface area contributed by atoms with Crippen molar-refractivity contribution in [1.29, 1.82) is 0 Å². The van der Waals surface area contributed by atoms with Crippen LogP contribution in [0.4, 0.5) is 0 Å². The summed E-state index contributed by atoms with van der Waals surface area (Å²) in [7, 11) is 1.16. The van der Waals surface area contributed by atoms with Gasteiger partial charge in [-0.1, -0.05) is 31.4 Å². The molecule has 1 fully saturated rings. The second-order valence-corrected chi connectivity index (χ2v) is 10.0. The van der Waals surface area contributed by atoms with Crippen molar-refractivity contribution in [2.75, 3.05) is 27.8 Å². The molecule has 1 saturated carbocycles. The second-order valence-electron chi connectivity index (χ2n) is 8.04. The molecule has 0 bridgehead atoms. The lowest BCUT2D eigenvalue weighted by atomic mass is 9.96. The first-order valence-electron chi connectivity index (χ1n) is 10.9. The first-order chi connectivity index (χ1) is 15.4. The van der Waals surface area contributed by atoms with Gasteiger partial charge >= 0.3 is 0 Å². The van der Waals surface area contributed by atoms with Gasteiger partial charge in [0.2, 0.25) is 10.0 Å². The quantitative estimate of drug-likeness (QED) is 0.618. The maximum Gasteiger partial charge on any atom is 0.251 e. The van der Waals surface area contributed by atoms with Crippen LogP contribution >= 0.6 is 0 Å². The largest absolute Gasteiger partial charge is 0.493 e. The van der Waals surface area contributed by atoms with Crippen molar-refractivity contribution in [3.63, 3.8) is 0 Å². The van der Waals surface area contributed by atoms with Gasteiger partial charge in [-0.05, 0) is 55.2 Å². The molecule has 2 aromatic rings. The van der Waals surface area contributed by atoms with Crippen molar-refractivity contribution in [3.8, 4) is 11.5 Å². The summed E-state index contributed by atoms with van der Waals surface area (Å²) in [4.78, 5) is 12.8.